The highest BCUT2D eigenvalue weighted by Crippen LogP contribution is 2.18. The van der Waals surface area contributed by atoms with E-state index in [0.29, 0.717) is 6.42 Å². The number of benzene rings is 1. The van der Waals surface area contributed by atoms with Crippen molar-refractivity contribution in [2.45, 2.75) is 25.8 Å². The SMILES string of the molecule is Cc1ccccc1[C@H](N)CCC(=O)O. The minimum Gasteiger partial charge on any atom is -0.481 e. The van der Waals surface area contributed by atoms with Crippen molar-refractivity contribution in [3.63, 3.8) is 0 Å². The lowest BCUT2D eigenvalue weighted by atomic mass is 9.98. The molecule has 0 fully saturated rings. The molecule has 0 radical (unpaired) electrons. The first-order chi connectivity index (χ1) is 6.61. The van der Waals surface area contributed by atoms with Gasteiger partial charge in [-0.3, -0.25) is 4.79 Å². The minimum absolute atomic E-state index is 0.121. The fraction of sp³-hybridized carbons (Fsp3) is 0.364. The van der Waals surface area contributed by atoms with Crippen molar-refractivity contribution in [3.8, 4) is 0 Å². The molecule has 0 amide bonds. The van der Waals surface area contributed by atoms with Gasteiger partial charge in [-0.15, -0.1) is 0 Å². The van der Waals surface area contributed by atoms with E-state index in [1.807, 2.05) is 31.2 Å². The van der Waals surface area contributed by atoms with Crippen molar-refractivity contribution in [3.05, 3.63) is 35.4 Å². The summed E-state index contributed by atoms with van der Waals surface area (Å²) in [5.74, 6) is -0.797. The van der Waals surface area contributed by atoms with E-state index in [1.165, 1.54) is 0 Å². The molecule has 0 aliphatic carbocycles. The Morgan fingerprint density at radius 3 is 2.71 bits per heavy atom. The number of aliphatic carboxylic acids is 1. The lowest BCUT2D eigenvalue weighted by Gasteiger charge is -2.13. The maximum absolute atomic E-state index is 10.4. The van der Waals surface area contributed by atoms with Crippen molar-refractivity contribution in [2.75, 3.05) is 0 Å². The molecule has 3 N–H and O–H groups in total. The topological polar surface area (TPSA) is 63.3 Å². The van der Waals surface area contributed by atoms with E-state index in [4.69, 9.17) is 10.8 Å². The summed E-state index contributed by atoms with van der Waals surface area (Å²) in [6.45, 7) is 1.98. The molecule has 0 bridgehead atoms. The van der Waals surface area contributed by atoms with Gasteiger partial charge in [-0.2, -0.15) is 0 Å². The van der Waals surface area contributed by atoms with Crippen molar-refractivity contribution in [2.24, 2.45) is 5.73 Å². The Bertz CT molecular complexity index is 323. The first-order valence-electron chi connectivity index (χ1n) is 4.64. The Kier molecular flexibility index (Phi) is 3.65. The van der Waals surface area contributed by atoms with Gasteiger partial charge in [-0.25, -0.2) is 0 Å². The number of rotatable bonds is 4. The van der Waals surface area contributed by atoms with Gasteiger partial charge in [0.25, 0.3) is 0 Å². The summed E-state index contributed by atoms with van der Waals surface area (Å²) in [6.07, 6.45) is 0.607. The number of hydrogen-bond donors (Lipinski definition) is 2. The van der Waals surface area contributed by atoms with E-state index in [-0.39, 0.29) is 12.5 Å². The molecule has 0 aliphatic heterocycles. The largest absolute Gasteiger partial charge is 0.481 e. The monoisotopic (exact) mass is 193 g/mol. The van der Waals surface area contributed by atoms with Gasteiger partial charge < -0.3 is 10.8 Å². The van der Waals surface area contributed by atoms with E-state index in [2.05, 4.69) is 0 Å². The van der Waals surface area contributed by atoms with Gasteiger partial charge in [-0.05, 0) is 24.5 Å². The normalized spacial score (nSPS) is 12.4. The van der Waals surface area contributed by atoms with Crippen LogP contribution in [0.4, 0.5) is 0 Å². The maximum Gasteiger partial charge on any atom is 0.303 e. The molecule has 1 rings (SSSR count). The fourth-order valence-electron chi connectivity index (χ4n) is 1.44. The summed E-state index contributed by atoms with van der Waals surface area (Å²) in [5, 5.41) is 8.52. The van der Waals surface area contributed by atoms with Crippen molar-refractivity contribution in [1.29, 1.82) is 0 Å². The molecule has 1 aromatic rings. The average Bonchev–Trinajstić information content (AvgIpc) is 2.15. The highest BCUT2D eigenvalue weighted by Gasteiger charge is 2.09. The van der Waals surface area contributed by atoms with Gasteiger partial charge in [0.15, 0.2) is 0 Å². The number of carboxylic acid groups (broad SMARTS) is 1. The van der Waals surface area contributed by atoms with Crippen LogP contribution in [0.5, 0.6) is 0 Å². The van der Waals surface area contributed by atoms with Gasteiger partial charge in [0.05, 0.1) is 0 Å². The molecule has 0 aliphatic rings. The predicted octanol–water partition coefficient (Wildman–Crippen LogP) is 1.86. The third-order valence-corrected chi connectivity index (χ3v) is 2.26. The number of nitrogens with two attached hydrogens (primary N) is 1. The fourth-order valence-corrected chi connectivity index (χ4v) is 1.44. The van der Waals surface area contributed by atoms with Gasteiger partial charge in [-0.1, -0.05) is 24.3 Å². The van der Waals surface area contributed by atoms with E-state index < -0.39 is 5.97 Å². The third kappa shape index (κ3) is 2.85. The predicted molar refractivity (Wildman–Crippen MR) is 55.0 cm³/mol. The minimum atomic E-state index is -0.797. The molecule has 0 saturated heterocycles. The molecule has 1 aromatic carbocycles. The molecule has 0 spiro atoms. The van der Waals surface area contributed by atoms with Crippen LogP contribution in [0.2, 0.25) is 0 Å². The second kappa shape index (κ2) is 4.77. The standard InChI is InChI=1S/C11H15NO2/c1-8-4-2-3-5-9(8)10(12)6-7-11(13)14/h2-5,10H,6-7,12H2,1H3,(H,13,14)/t10-/m1/s1. The highest BCUT2D eigenvalue weighted by atomic mass is 16.4. The van der Waals surface area contributed by atoms with Gasteiger partial charge in [0, 0.05) is 12.5 Å². The third-order valence-electron chi connectivity index (χ3n) is 2.26. The number of carboxylic acids is 1. The molecule has 0 saturated carbocycles. The summed E-state index contributed by atoms with van der Waals surface area (Å²) >= 11 is 0. The summed E-state index contributed by atoms with van der Waals surface area (Å²) < 4.78 is 0. The van der Waals surface area contributed by atoms with Gasteiger partial charge in [0.1, 0.15) is 0 Å². The van der Waals surface area contributed by atoms with Crippen LogP contribution >= 0.6 is 0 Å². The Morgan fingerprint density at radius 2 is 2.14 bits per heavy atom. The maximum atomic E-state index is 10.4. The number of aryl methyl sites for hydroxylation is 1. The molecule has 0 unspecified atom stereocenters. The number of hydrogen-bond acceptors (Lipinski definition) is 2. The van der Waals surface area contributed by atoms with Gasteiger partial charge >= 0.3 is 5.97 Å². The van der Waals surface area contributed by atoms with Crippen LogP contribution in [0.3, 0.4) is 0 Å². The summed E-state index contributed by atoms with van der Waals surface area (Å²) in [7, 11) is 0. The van der Waals surface area contributed by atoms with Crippen molar-refractivity contribution >= 4 is 5.97 Å². The summed E-state index contributed by atoms with van der Waals surface area (Å²) in [5.41, 5.74) is 8.03. The van der Waals surface area contributed by atoms with Crippen LogP contribution in [-0.4, -0.2) is 11.1 Å². The molecule has 1 atom stereocenters. The Balaban J connectivity index is 2.65. The second-order valence-corrected chi connectivity index (χ2v) is 3.40. The molecule has 0 heterocycles. The molecular formula is C11H15NO2. The van der Waals surface area contributed by atoms with Crippen molar-refractivity contribution < 1.29 is 9.90 Å². The average molecular weight is 193 g/mol. The zero-order valence-corrected chi connectivity index (χ0v) is 8.23. The van der Waals surface area contributed by atoms with Gasteiger partial charge in [0.2, 0.25) is 0 Å². The van der Waals surface area contributed by atoms with E-state index in [0.717, 1.165) is 11.1 Å². The van der Waals surface area contributed by atoms with Crippen molar-refractivity contribution in [1.82, 2.24) is 0 Å². The van der Waals surface area contributed by atoms with Crippen LogP contribution in [0, 0.1) is 6.92 Å². The zero-order chi connectivity index (χ0) is 10.6. The Labute approximate surface area is 83.6 Å². The Morgan fingerprint density at radius 1 is 1.50 bits per heavy atom. The first-order valence-corrected chi connectivity index (χ1v) is 4.64. The number of carbonyl (C=O) groups is 1. The van der Waals surface area contributed by atoms with Crippen LogP contribution in [0.1, 0.15) is 30.0 Å². The smallest absolute Gasteiger partial charge is 0.303 e. The van der Waals surface area contributed by atoms with E-state index >= 15 is 0 Å². The van der Waals surface area contributed by atoms with Crippen LogP contribution in [-0.2, 0) is 4.79 Å². The van der Waals surface area contributed by atoms with E-state index in [9.17, 15) is 4.79 Å². The zero-order valence-electron chi connectivity index (χ0n) is 8.23. The van der Waals surface area contributed by atoms with Crippen LogP contribution < -0.4 is 5.73 Å². The van der Waals surface area contributed by atoms with E-state index in [1.54, 1.807) is 0 Å². The molecule has 3 nitrogen and oxygen atoms in total. The molecule has 76 valence electrons. The highest BCUT2D eigenvalue weighted by molar-refractivity contribution is 5.66. The summed E-state index contributed by atoms with van der Waals surface area (Å²) in [6, 6.07) is 7.62. The van der Waals surface area contributed by atoms with Crippen LogP contribution in [0.25, 0.3) is 0 Å². The molecule has 0 aromatic heterocycles. The first kappa shape index (κ1) is 10.7. The summed E-state index contributed by atoms with van der Waals surface area (Å²) in [4.78, 5) is 10.4. The lowest BCUT2D eigenvalue weighted by molar-refractivity contribution is -0.137. The molecule has 3 heteroatoms. The Hall–Kier alpha value is -1.35. The second-order valence-electron chi connectivity index (χ2n) is 3.40. The quantitative estimate of drug-likeness (QED) is 0.767. The molecule has 14 heavy (non-hydrogen) atoms. The molecular weight excluding hydrogens is 178 g/mol. The lowest BCUT2D eigenvalue weighted by Crippen LogP contribution is -2.13. The van der Waals surface area contributed by atoms with Crippen LogP contribution in [0.15, 0.2) is 24.3 Å².